The Morgan fingerprint density at radius 2 is 1.91 bits per heavy atom. The minimum atomic E-state index is 0.192. The van der Waals surface area contributed by atoms with Crippen LogP contribution in [0.5, 0.6) is 0 Å². The van der Waals surface area contributed by atoms with Gasteiger partial charge >= 0.3 is 0 Å². The molecule has 4 heterocycles. The number of piperidine rings is 1. The predicted molar refractivity (Wildman–Crippen MR) is 128 cm³/mol. The third-order valence-electron chi connectivity index (χ3n) is 7.08. The highest BCUT2D eigenvalue weighted by atomic mass is 35.5. The molecule has 1 aromatic carbocycles. The molecule has 34 heavy (non-hydrogen) atoms. The number of fused-ring (bicyclic) bond motifs is 1. The van der Waals surface area contributed by atoms with Gasteiger partial charge in [0.2, 0.25) is 0 Å². The van der Waals surface area contributed by atoms with Gasteiger partial charge in [-0.3, -0.25) is 10.4 Å². The largest absolute Gasteiger partial charge is 0.370 e. The van der Waals surface area contributed by atoms with Crippen LogP contribution in [0.25, 0.3) is 5.65 Å². The summed E-state index contributed by atoms with van der Waals surface area (Å²) in [6.07, 6.45) is 7.26. The molecule has 3 fully saturated rings. The van der Waals surface area contributed by atoms with Crippen LogP contribution in [0.4, 0.5) is 17.3 Å². The van der Waals surface area contributed by atoms with Crippen molar-refractivity contribution in [3.05, 3.63) is 40.8 Å². The van der Waals surface area contributed by atoms with Gasteiger partial charge < -0.3 is 10.2 Å². The van der Waals surface area contributed by atoms with E-state index in [-0.39, 0.29) is 6.04 Å². The Kier molecular flexibility index (Phi) is 4.94. The Labute approximate surface area is 201 Å². The number of nitrogens with one attached hydrogen (secondary N) is 2. The summed E-state index contributed by atoms with van der Waals surface area (Å²) in [6, 6.07) is 8.20. The molecule has 1 aliphatic carbocycles. The second kappa shape index (κ2) is 8.01. The monoisotopic (exact) mass is 474 g/mol. The van der Waals surface area contributed by atoms with Crippen molar-refractivity contribution in [3.63, 3.8) is 0 Å². The summed E-state index contributed by atoms with van der Waals surface area (Å²) in [5, 5.41) is 29.4. The lowest BCUT2D eigenvalue weighted by atomic mass is 9.73. The van der Waals surface area contributed by atoms with Crippen LogP contribution in [0.1, 0.15) is 36.9 Å². The van der Waals surface area contributed by atoms with Crippen molar-refractivity contribution in [2.75, 3.05) is 41.5 Å². The predicted octanol–water partition coefficient (Wildman–Crippen LogP) is 2.71. The molecule has 2 saturated heterocycles. The quantitative estimate of drug-likeness (QED) is 0.537. The number of hydrogen-bond donors (Lipinski definition) is 2. The summed E-state index contributed by atoms with van der Waals surface area (Å²) in [5.74, 6) is 0.418. The average Bonchev–Trinajstić information content (AvgIpc) is 3.61. The average molecular weight is 475 g/mol. The Balaban J connectivity index is 1.32. The van der Waals surface area contributed by atoms with Gasteiger partial charge in [0.25, 0.3) is 5.95 Å². The van der Waals surface area contributed by atoms with Gasteiger partial charge in [0.15, 0.2) is 11.3 Å². The standard InChI is InChI=1S/C23H23ClN10/c24-21-18(7-15(9-25)8-19(21)32-5-3-23(4-6-32)13-27-14-23)30-34(16-1-2-16)22-29-12-20-28-11-17(10-26)33(20)31-22/h7-8,11-12,16,27,30H,1-6,13-14H2. The minimum absolute atomic E-state index is 0.192. The smallest absolute Gasteiger partial charge is 0.262 e. The number of nitriles is 2. The maximum absolute atomic E-state index is 9.70. The summed E-state index contributed by atoms with van der Waals surface area (Å²) < 4.78 is 1.48. The van der Waals surface area contributed by atoms with E-state index in [9.17, 15) is 10.5 Å². The fraction of sp³-hybridized carbons (Fsp3) is 0.435. The molecule has 6 rings (SSSR count). The first-order chi connectivity index (χ1) is 16.6. The van der Waals surface area contributed by atoms with E-state index >= 15 is 0 Å². The van der Waals surface area contributed by atoms with Crippen molar-refractivity contribution >= 4 is 34.6 Å². The van der Waals surface area contributed by atoms with Gasteiger partial charge in [0.1, 0.15) is 6.07 Å². The van der Waals surface area contributed by atoms with E-state index in [2.05, 4.69) is 42.8 Å². The molecule has 11 heteroatoms. The summed E-state index contributed by atoms with van der Waals surface area (Å²) >= 11 is 6.92. The summed E-state index contributed by atoms with van der Waals surface area (Å²) in [5.41, 5.74) is 6.71. The lowest BCUT2D eigenvalue weighted by Crippen LogP contribution is -2.58. The van der Waals surface area contributed by atoms with Crippen molar-refractivity contribution in [2.24, 2.45) is 5.41 Å². The van der Waals surface area contributed by atoms with E-state index in [1.165, 1.54) is 10.7 Å². The van der Waals surface area contributed by atoms with E-state index in [0.29, 0.717) is 39.0 Å². The van der Waals surface area contributed by atoms with Gasteiger partial charge in [-0.2, -0.15) is 15.0 Å². The lowest BCUT2D eigenvalue weighted by molar-refractivity contribution is 0.126. The fourth-order valence-corrected chi connectivity index (χ4v) is 5.05. The third-order valence-corrected chi connectivity index (χ3v) is 7.48. The molecule has 0 radical (unpaired) electrons. The third kappa shape index (κ3) is 3.56. The van der Waals surface area contributed by atoms with E-state index < -0.39 is 0 Å². The minimum Gasteiger partial charge on any atom is -0.370 e. The van der Waals surface area contributed by atoms with Gasteiger partial charge in [-0.05, 0) is 43.2 Å². The molecule has 3 aliphatic rings. The molecule has 3 aromatic rings. The van der Waals surface area contributed by atoms with Crippen molar-refractivity contribution in [1.29, 1.82) is 10.5 Å². The van der Waals surface area contributed by atoms with Gasteiger partial charge in [0, 0.05) is 26.2 Å². The van der Waals surface area contributed by atoms with Crippen LogP contribution in [-0.4, -0.2) is 51.8 Å². The van der Waals surface area contributed by atoms with Crippen molar-refractivity contribution < 1.29 is 0 Å². The number of hydrazine groups is 1. The number of rotatable bonds is 5. The molecule has 172 valence electrons. The number of hydrogen-bond acceptors (Lipinski definition) is 9. The second-order valence-electron chi connectivity index (χ2n) is 9.36. The number of nitrogens with zero attached hydrogens (tertiary/aromatic N) is 8. The molecule has 0 atom stereocenters. The fourth-order valence-electron chi connectivity index (χ4n) is 4.78. The summed E-state index contributed by atoms with van der Waals surface area (Å²) in [4.78, 5) is 10.9. The van der Waals surface area contributed by atoms with Crippen LogP contribution in [0.2, 0.25) is 5.02 Å². The Hall–Kier alpha value is -3.60. The highest BCUT2D eigenvalue weighted by molar-refractivity contribution is 6.36. The van der Waals surface area contributed by atoms with Gasteiger partial charge in [-0.15, -0.1) is 5.10 Å². The molecule has 2 aliphatic heterocycles. The van der Waals surface area contributed by atoms with Crippen LogP contribution >= 0.6 is 11.6 Å². The van der Waals surface area contributed by atoms with E-state index in [0.717, 1.165) is 57.5 Å². The number of benzene rings is 1. The van der Waals surface area contributed by atoms with Gasteiger partial charge in [-0.1, -0.05) is 11.6 Å². The molecule has 2 aromatic heterocycles. The molecular weight excluding hydrogens is 452 g/mol. The zero-order valence-corrected chi connectivity index (χ0v) is 19.3. The van der Waals surface area contributed by atoms with Crippen LogP contribution in [0.3, 0.4) is 0 Å². The Morgan fingerprint density at radius 1 is 1.12 bits per heavy atom. The Bertz CT molecular complexity index is 1330. The van der Waals surface area contributed by atoms with E-state index in [1.807, 2.05) is 11.1 Å². The molecule has 0 unspecified atom stereocenters. The zero-order valence-electron chi connectivity index (χ0n) is 18.5. The van der Waals surface area contributed by atoms with E-state index in [4.69, 9.17) is 11.6 Å². The molecular formula is C23H23ClN10. The summed E-state index contributed by atoms with van der Waals surface area (Å²) in [7, 11) is 0. The van der Waals surface area contributed by atoms with Crippen LogP contribution < -0.4 is 20.7 Å². The number of halogens is 1. The van der Waals surface area contributed by atoms with Crippen molar-refractivity contribution in [2.45, 2.75) is 31.7 Å². The lowest BCUT2D eigenvalue weighted by Gasteiger charge is -2.49. The number of anilines is 3. The van der Waals surface area contributed by atoms with Crippen molar-refractivity contribution in [1.82, 2.24) is 24.9 Å². The number of imidazole rings is 1. The Morgan fingerprint density at radius 3 is 2.56 bits per heavy atom. The SMILES string of the molecule is N#Cc1cc(NN(c2ncc3ncc(C#N)n3n2)C2CC2)c(Cl)c(N2CCC3(CC2)CNC3)c1. The van der Waals surface area contributed by atoms with Crippen LogP contribution in [0, 0.1) is 28.1 Å². The van der Waals surface area contributed by atoms with Gasteiger partial charge in [-0.25, -0.2) is 9.97 Å². The maximum Gasteiger partial charge on any atom is 0.262 e. The van der Waals surface area contributed by atoms with Gasteiger partial charge in [0.05, 0.1) is 46.5 Å². The van der Waals surface area contributed by atoms with Crippen LogP contribution in [-0.2, 0) is 0 Å². The first kappa shape index (κ1) is 21.0. The topological polar surface area (TPSA) is 121 Å². The zero-order chi connectivity index (χ0) is 23.3. The summed E-state index contributed by atoms with van der Waals surface area (Å²) in [6.45, 7) is 4.01. The highest BCUT2D eigenvalue weighted by Gasteiger charge is 2.40. The second-order valence-corrected chi connectivity index (χ2v) is 9.73. The van der Waals surface area contributed by atoms with E-state index in [1.54, 1.807) is 12.3 Å². The first-order valence-corrected chi connectivity index (χ1v) is 11.8. The molecule has 10 nitrogen and oxygen atoms in total. The normalized spacial score (nSPS) is 18.9. The van der Waals surface area contributed by atoms with Crippen LogP contribution in [0.15, 0.2) is 24.5 Å². The maximum atomic E-state index is 9.70. The number of aromatic nitrogens is 4. The highest BCUT2D eigenvalue weighted by Crippen LogP contribution is 2.41. The molecule has 2 N–H and O–H groups in total. The molecule has 0 amide bonds. The molecule has 0 bridgehead atoms. The first-order valence-electron chi connectivity index (χ1n) is 11.5. The molecule has 1 saturated carbocycles. The van der Waals surface area contributed by atoms with Crippen molar-refractivity contribution in [3.8, 4) is 12.1 Å². The molecule has 1 spiro atoms.